The summed E-state index contributed by atoms with van der Waals surface area (Å²) in [4.78, 5) is 25.0. The van der Waals surface area contributed by atoms with Gasteiger partial charge in [0.2, 0.25) is 0 Å². The summed E-state index contributed by atoms with van der Waals surface area (Å²) in [5.41, 5.74) is 1.27. The Morgan fingerprint density at radius 2 is 2.08 bits per heavy atom. The number of rotatable bonds is 4. The second kappa shape index (κ2) is 6.15. The Labute approximate surface area is 143 Å². The van der Waals surface area contributed by atoms with Crippen molar-refractivity contribution in [3.8, 4) is 0 Å². The molecule has 0 bridgehead atoms. The highest BCUT2D eigenvalue weighted by molar-refractivity contribution is 5.84. The third kappa shape index (κ3) is 2.89. The predicted molar refractivity (Wildman–Crippen MR) is 91.5 cm³/mol. The van der Waals surface area contributed by atoms with Crippen LogP contribution >= 0.6 is 0 Å². The SMILES string of the molecule is O=C(O)NC[C@H]1CCN(CC2Cn3c(=O)ccc4ccc(F)c2c43)C1. The maximum absolute atomic E-state index is 14.5. The highest BCUT2D eigenvalue weighted by Gasteiger charge is 2.32. The third-order valence-corrected chi connectivity index (χ3v) is 5.34. The van der Waals surface area contributed by atoms with Gasteiger partial charge in [-0.3, -0.25) is 4.79 Å². The lowest BCUT2D eigenvalue weighted by Crippen LogP contribution is -2.31. The summed E-state index contributed by atoms with van der Waals surface area (Å²) in [7, 11) is 0. The van der Waals surface area contributed by atoms with Gasteiger partial charge in [0.05, 0.1) is 5.52 Å². The molecule has 1 fully saturated rings. The van der Waals surface area contributed by atoms with E-state index in [-0.39, 0.29) is 23.2 Å². The van der Waals surface area contributed by atoms with E-state index in [1.54, 1.807) is 16.7 Å². The summed E-state index contributed by atoms with van der Waals surface area (Å²) in [5.74, 6) is -0.0223. The molecule has 1 unspecified atom stereocenters. The lowest BCUT2D eigenvalue weighted by molar-refractivity contribution is 0.192. The average Bonchev–Trinajstić information content (AvgIpc) is 3.18. The molecule has 1 amide bonds. The normalized spacial score (nSPS) is 22.6. The highest BCUT2D eigenvalue weighted by atomic mass is 19.1. The van der Waals surface area contributed by atoms with Crippen LogP contribution in [-0.4, -0.2) is 46.8 Å². The van der Waals surface area contributed by atoms with Crippen LogP contribution < -0.4 is 10.9 Å². The number of hydrogen-bond donors (Lipinski definition) is 2. The number of hydrogen-bond acceptors (Lipinski definition) is 3. The first-order valence-electron chi connectivity index (χ1n) is 8.54. The van der Waals surface area contributed by atoms with Gasteiger partial charge in [-0.1, -0.05) is 0 Å². The van der Waals surface area contributed by atoms with Gasteiger partial charge >= 0.3 is 6.09 Å². The molecule has 0 radical (unpaired) electrons. The van der Waals surface area contributed by atoms with Gasteiger partial charge in [-0.25, -0.2) is 9.18 Å². The summed E-state index contributed by atoms with van der Waals surface area (Å²) in [6, 6.07) is 6.49. The van der Waals surface area contributed by atoms with Crippen molar-refractivity contribution in [2.75, 3.05) is 26.2 Å². The topological polar surface area (TPSA) is 74.6 Å². The van der Waals surface area contributed by atoms with Crippen molar-refractivity contribution in [1.29, 1.82) is 0 Å². The zero-order valence-corrected chi connectivity index (χ0v) is 13.7. The van der Waals surface area contributed by atoms with Gasteiger partial charge in [0.25, 0.3) is 5.56 Å². The number of pyridine rings is 1. The molecule has 1 saturated heterocycles. The van der Waals surface area contributed by atoms with Crippen LogP contribution in [0.5, 0.6) is 0 Å². The van der Waals surface area contributed by atoms with E-state index in [9.17, 15) is 14.0 Å². The quantitative estimate of drug-likeness (QED) is 0.887. The minimum atomic E-state index is -1.00. The highest BCUT2D eigenvalue weighted by Crippen LogP contribution is 2.35. The van der Waals surface area contributed by atoms with E-state index >= 15 is 0 Å². The van der Waals surface area contributed by atoms with Crippen LogP contribution in [0.1, 0.15) is 17.9 Å². The van der Waals surface area contributed by atoms with E-state index in [1.165, 1.54) is 12.1 Å². The number of likely N-dealkylation sites (tertiary alicyclic amines) is 1. The summed E-state index contributed by atoms with van der Waals surface area (Å²) < 4.78 is 16.2. The fourth-order valence-electron chi connectivity index (χ4n) is 4.22. The van der Waals surface area contributed by atoms with Gasteiger partial charge in [-0.15, -0.1) is 0 Å². The lowest BCUT2D eigenvalue weighted by atomic mass is 9.98. The molecular weight excluding hydrogens is 325 g/mol. The smallest absolute Gasteiger partial charge is 0.404 e. The van der Waals surface area contributed by atoms with Gasteiger partial charge in [0.15, 0.2) is 0 Å². The molecule has 2 aliphatic rings. The first kappa shape index (κ1) is 16.1. The molecule has 4 rings (SSSR count). The molecular formula is C18H20FN3O3. The molecule has 2 aliphatic heterocycles. The van der Waals surface area contributed by atoms with Crippen molar-refractivity contribution in [2.24, 2.45) is 5.92 Å². The van der Waals surface area contributed by atoms with Crippen LogP contribution in [0, 0.1) is 11.7 Å². The van der Waals surface area contributed by atoms with E-state index in [0.29, 0.717) is 25.2 Å². The monoisotopic (exact) mass is 345 g/mol. The Balaban J connectivity index is 1.53. The molecule has 1 aromatic heterocycles. The maximum Gasteiger partial charge on any atom is 0.404 e. The van der Waals surface area contributed by atoms with Crippen LogP contribution in [0.2, 0.25) is 0 Å². The summed E-state index contributed by atoms with van der Waals surface area (Å²) in [6.45, 7) is 3.28. The Bertz CT molecular complexity index is 895. The van der Waals surface area contributed by atoms with E-state index in [4.69, 9.17) is 5.11 Å². The van der Waals surface area contributed by atoms with Crippen molar-refractivity contribution < 1.29 is 14.3 Å². The number of carboxylic acid groups (broad SMARTS) is 1. The van der Waals surface area contributed by atoms with Gasteiger partial charge in [0.1, 0.15) is 5.82 Å². The molecule has 1 aromatic carbocycles. The van der Waals surface area contributed by atoms with Crippen molar-refractivity contribution in [2.45, 2.75) is 18.9 Å². The van der Waals surface area contributed by atoms with Crippen molar-refractivity contribution in [1.82, 2.24) is 14.8 Å². The molecule has 2 N–H and O–H groups in total. The number of nitrogens with zero attached hydrogens (tertiary/aromatic N) is 2. The molecule has 3 heterocycles. The largest absolute Gasteiger partial charge is 0.465 e. The Morgan fingerprint density at radius 1 is 1.28 bits per heavy atom. The molecule has 25 heavy (non-hydrogen) atoms. The standard InChI is InChI=1S/C18H20FN3O3/c19-14-3-1-12-2-4-15(23)22-10-13(16(14)17(12)22)9-21-6-5-11(8-21)7-20-18(24)25/h1-4,11,13,20H,5-10H2,(H,24,25)/t11-,13?/m1/s1. The minimum absolute atomic E-state index is 0.0509. The second-order valence-electron chi connectivity index (χ2n) is 6.98. The Kier molecular flexibility index (Phi) is 3.95. The molecule has 0 spiro atoms. The van der Waals surface area contributed by atoms with Crippen LogP contribution in [0.25, 0.3) is 10.9 Å². The van der Waals surface area contributed by atoms with Gasteiger partial charge in [-0.2, -0.15) is 0 Å². The molecule has 7 heteroatoms. The zero-order chi connectivity index (χ0) is 17.6. The fourth-order valence-corrected chi connectivity index (χ4v) is 4.22. The van der Waals surface area contributed by atoms with E-state index < -0.39 is 6.09 Å². The molecule has 0 saturated carbocycles. The Hall–Kier alpha value is -2.41. The third-order valence-electron chi connectivity index (χ3n) is 5.34. The average molecular weight is 345 g/mol. The first-order chi connectivity index (χ1) is 12.0. The summed E-state index contributed by atoms with van der Waals surface area (Å²) in [6.07, 6.45) is -0.0788. The number of nitrogens with one attached hydrogen (secondary N) is 1. The lowest BCUT2D eigenvalue weighted by Gasteiger charge is -2.21. The van der Waals surface area contributed by atoms with Crippen LogP contribution in [0.4, 0.5) is 9.18 Å². The molecule has 0 aliphatic carbocycles. The fraction of sp³-hybridized carbons (Fsp3) is 0.444. The summed E-state index contributed by atoms with van der Waals surface area (Å²) >= 11 is 0. The van der Waals surface area contributed by atoms with Crippen LogP contribution in [0.15, 0.2) is 29.1 Å². The molecule has 132 valence electrons. The van der Waals surface area contributed by atoms with Gasteiger partial charge in [0, 0.05) is 43.7 Å². The number of halogens is 1. The number of benzene rings is 1. The van der Waals surface area contributed by atoms with E-state index in [0.717, 1.165) is 30.4 Å². The minimum Gasteiger partial charge on any atom is -0.465 e. The number of amides is 1. The first-order valence-corrected chi connectivity index (χ1v) is 8.54. The molecule has 6 nitrogen and oxygen atoms in total. The molecule has 2 atom stereocenters. The second-order valence-corrected chi connectivity index (χ2v) is 6.98. The van der Waals surface area contributed by atoms with Crippen molar-refractivity contribution in [3.05, 3.63) is 46.0 Å². The maximum atomic E-state index is 14.5. The zero-order valence-electron chi connectivity index (χ0n) is 13.7. The van der Waals surface area contributed by atoms with E-state index in [2.05, 4.69) is 10.2 Å². The predicted octanol–water partition coefficient (Wildman–Crippen LogP) is 1.83. The number of carbonyl (C=O) groups is 1. The van der Waals surface area contributed by atoms with Gasteiger partial charge < -0.3 is 19.9 Å². The van der Waals surface area contributed by atoms with Crippen molar-refractivity contribution in [3.63, 3.8) is 0 Å². The summed E-state index contributed by atoms with van der Waals surface area (Å²) in [5, 5.41) is 12.0. The van der Waals surface area contributed by atoms with Crippen molar-refractivity contribution >= 4 is 17.0 Å². The Morgan fingerprint density at radius 3 is 2.88 bits per heavy atom. The van der Waals surface area contributed by atoms with Crippen LogP contribution in [-0.2, 0) is 6.54 Å². The van der Waals surface area contributed by atoms with Crippen LogP contribution in [0.3, 0.4) is 0 Å². The van der Waals surface area contributed by atoms with E-state index in [1.807, 2.05) is 0 Å². The molecule has 2 aromatic rings. The number of aromatic nitrogens is 1. The van der Waals surface area contributed by atoms with Gasteiger partial charge in [-0.05, 0) is 42.5 Å².